The van der Waals surface area contributed by atoms with E-state index in [2.05, 4.69) is 26.8 Å². The normalized spacial score (nSPS) is 12.1. The third-order valence-electron chi connectivity index (χ3n) is 1.44. The Morgan fingerprint density at radius 3 is 2.44 bits per heavy atom. The van der Waals surface area contributed by atoms with Crippen molar-refractivity contribution in [3.05, 3.63) is 18.6 Å². The van der Waals surface area contributed by atoms with Gasteiger partial charge in [0.15, 0.2) is 0 Å². The van der Waals surface area contributed by atoms with Gasteiger partial charge in [-0.2, -0.15) is 0 Å². The molecule has 53 valence electrons. The Labute approximate surface area is 59.0 Å². The van der Waals surface area contributed by atoms with E-state index in [0.717, 1.165) is 6.42 Å². The summed E-state index contributed by atoms with van der Waals surface area (Å²) >= 11 is 0. The third kappa shape index (κ3) is 4.26. The van der Waals surface area contributed by atoms with Crippen LogP contribution in [-0.2, 0) is 0 Å². The molecule has 0 unspecified atom stereocenters. The Bertz CT molecular complexity index is 80.0. The summed E-state index contributed by atoms with van der Waals surface area (Å²) in [5.74, 6) is 0. The van der Waals surface area contributed by atoms with Crippen molar-refractivity contribution in [2.24, 2.45) is 0 Å². The summed E-state index contributed by atoms with van der Waals surface area (Å²) in [6, 6.07) is 0. The van der Waals surface area contributed by atoms with Crippen LogP contribution in [0.4, 0.5) is 0 Å². The monoisotopic (exact) mass is 125 g/mol. The minimum absolute atomic E-state index is 1.04. The predicted molar refractivity (Wildman–Crippen MR) is 43.3 cm³/mol. The number of allylic oxidation sites excluding steroid dienone is 2. The van der Waals surface area contributed by atoms with E-state index in [0.29, 0.717) is 0 Å². The van der Waals surface area contributed by atoms with Crippen LogP contribution in [0, 0.1) is 6.92 Å². The highest BCUT2D eigenvalue weighted by Crippen LogP contribution is 2.08. The van der Waals surface area contributed by atoms with Crippen LogP contribution in [0.25, 0.3) is 0 Å². The molecule has 0 heterocycles. The molecule has 0 fully saturated rings. The van der Waals surface area contributed by atoms with Crippen LogP contribution in [0.15, 0.2) is 11.6 Å². The first-order valence-corrected chi connectivity index (χ1v) is 3.82. The third-order valence-corrected chi connectivity index (χ3v) is 1.44. The summed E-state index contributed by atoms with van der Waals surface area (Å²) in [6.45, 7) is 8.20. The van der Waals surface area contributed by atoms with Crippen LogP contribution in [0.2, 0.25) is 0 Å². The molecule has 0 aliphatic rings. The Kier molecular flexibility index (Phi) is 5.70. The SMILES string of the molecule is [CH2]CCC(=CCC)CC. The average molecular weight is 125 g/mol. The lowest BCUT2D eigenvalue weighted by Gasteiger charge is -1.99. The van der Waals surface area contributed by atoms with E-state index < -0.39 is 0 Å². The summed E-state index contributed by atoms with van der Waals surface area (Å²) in [6.07, 6.45) is 6.90. The van der Waals surface area contributed by atoms with Gasteiger partial charge in [0.2, 0.25) is 0 Å². The zero-order valence-electron chi connectivity index (χ0n) is 6.61. The van der Waals surface area contributed by atoms with Crippen LogP contribution >= 0.6 is 0 Å². The summed E-state index contributed by atoms with van der Waals surface area (Å²) in [4.78, 5) is 0. The maximum Gasteiger partial charge on any atom is -0.0320 e. The van der Waals surface area contributed by atoms with E-state index in [4.69, 9.17) is 0 Å². The molecule has 0 spiro atoms. The second-order valence-corrected chi connectivity index (χ2v) is 2.23. The zero-order chi connectivity index (χ0) is 7.11. The van der Waals surface area contributed by atoms with E-state index >= 15 is 0 Å². The topological polar surface area (TPSA) is 0 Å². The fourth-order valence-electron chi connectivity index (χ4n) is 0.939. The van der Waals surface area contributed by atoms with Gasteiger partial charge in [-0.25, -0.2) is 0 Å². The van der Waals surface area contributed by atoms with Gasteiger partial charge in [0.25, 0.3) is 0 Å². The van der Waals surface area contributed by atoms with E-state index in [1.165, 1.54) is 19.3 Å². The van der Waals surface area contributed by atoms with Crippen molar-refractivity contribution in [1.82, 2.24) is 0 Å². The summed E-state index contributed by atoms with van der Waals surface area (Å²) in [5.41, 5.74) is 1.56. The van der Waals surface area contributed by atoms with Crippen LogP contribution in [0.1, 0.15) is 39.5 Å². The van der Waals surface area contributed by atoms with Crippen molar-refractivity contribution >= 4 is 0 Å². The largest absolute Gasteiger partial charge is 0.0856 e. The molecular weight excluding hydrogens is 108 g/mol. The van der Waals surface area contributed by atoms with Gasteiger partial charge < -0.3 is 0 Å². The molecule has 0 amide bonds. The lowest BCUT2D eigenvalue weighted by atomic mass is 10.1. The second-order valence-electron chi connectivity index (χ2n) is 2.23. The maximum absolute atomic E-state index is 3.81. The van der Waals surface area contributed by atoms with Crippen molar-refractivity contribution < 1.29 is 0 Å². The minimum atomic E-state index is 1.04. The maximum atomic E-state index is 3.81. The van der Waals surface area contributed by atoms with Crippen LogP contribution < -0.4 is 0 Å². The molecule has 0 N–H and O–H groups in total. The fraction of sp³-hybridized carbons (Fsp3) is 0.667. The van der Waals surface area contributed by atoms with Crippen molar-refractivity contribution in [2.75, 3.05) is 0 Å². The summed E-state index contributed by atoms with van der Waals surface area (Å²) in [5, 5.41) is 0. The van der Waals surface area contributed by atoms with Gasteiger partial charge in [-0.05, 0) is 25.7 Å². The van der Waals surface area contributed by atoms with E-state index in [9.17, 15) is 0 Å². The molecule has 0 aliphatic heterocycles. The molecule has 0 rings (SSSR count). The second kappa shape index (κ2) is 5.87. The lowest BCUT2D eigenvalue weighted by molar-refractivity contribution is 0.893. The molecule has 0 atom stereocenters. The van der Waals surface area contributed by atoms with Crippen molar-refractivity contribution in [2.45, 2.75) is 39.5 Å². The first kappa shape index (κ1) is 8.74. The van der Waals surface area contributed by atoms with Crippen LogP contribution in [0.3, 0.4) is 0 Å². The highest BCUT2D eigenvalue weighted by molar-refractivity contribution is 5.00. The molecule has 0 aromatic carbocycles. The minimum Gasteiger partial charge on any atom is -0.0856 e. The van der Waals surface area contributed by atoms with E-state index in [1.807, 2.05) is 0 Å². The Morgan fingerprint density at radius 2 is 2.11 bits per heavy atom. The molecule has 0 nitrogen and oxygen atoms in total. The molecule has 0 saturated heterocycles. The molecule has 0 aliphatic carbocycles. The summed E-state index contributed by atoms with van der Waals surface area (Å²) < 4.78 is 0. The van der Waals surface area contributed by atoms with Gasteiger partial charge in [-0.15, -0.1) is 0 Å². The Morgan fingerprint density at radius 1 is 1.44 bits per heavy atom. The van der Waals surface area contributed by atoms with Gasteiger partial charge in [-0.3, -0.25) is 0 Å². The standard InChI is InChI=1S/C9H17/c1-4-7-9(6-3)8-5-2/h8H,1,4-7H2,2-3H3. The van der Waals surface area contributed by atoms with Crippen molar-refractivity contribution in [3.8, 4) is 0 Å². The highest BCUT2D eigenvalue weighted by Gasteiger charge is 1.88. The van der Waals surface area contributed by atoms with Crippen LogP contribution in [0.5, 0.6) is 0 Å². The van der Waals surface area contributed by atoms with Gasteiger partial charge in [0.05, 0.1) is 0 Å². The first-order valence-electron chi connectivity index (χ1n) is 3.82. The van der Waals surface area contributed by atoms with E-state index in [-0.39, 0.29) is 0 Å². The molecule has 0 bridgehead atoms. The van der Waals surface area contributed by atoms with E-state index in [1.54, 1.807) is 5.57 Å². The van der Waals surface area contributed by atoms with Crippen molar-refractivity contribution in [3.63, 3.8) is 0 Å². The fourth-order valence-corrected chi connectivity index (χ4v) is 0.939. The Balaban J connectivity index is 3.53. The molecular formula is C9H17. The zero-order valence-corrected chi connectivity index (χ0v) is 6.61. The average Bonchev–Trinajstić information content (AvgIpc) is 1.88. The van der Waals surface area contributed by atoms with Gasteiger partial charge >= 0.3 is 0 Å². The van der Waals surface area contributed by atoms with Gasteiger partial charge in [0.1, 0.15) is 0 Å². The molecule has 0 saturated carbocycles. The molecule has 1 radical (unpaired) electrons. The molecule has 0 heteroatoms. The quantitative estimate of drug-likeness (QED) is 0.505. The highest BCUT2D eigenvalue weighted by atomic mass is 13.9. The lowest BCUT2D eigenvalue weighted by Crippen LogP contribution is -1.78. The molecule has 0 aromatic heterocycles. The van der Waals surface area contributed by atoms with Gasteiger partial charge in [0, 0.05) is 0 Å². The summed E-state index contributed by atoms with van der Waals surface area (Å²) in [7, 11) is 0. The first-order chi connectivity index (χ1) is 4.35. The number of hydrogen-bond donors (Lipinski definition) is 0. The molecule has 0 aromatic rings. The smallest absolute Gasteiger partial charge is 0.0320 e. The van der Waals surface area contributed by atoms with Crippen LogP contribution in [-0.4, -0.2) is 0 Å². The van der Waals surface area contributed by atoms with Crippen molar-refractivity contribution in [1.29, 1.82) is 0 Å². The Hall–Kier alpha value is -0.260. The number of rotatable bonds is 4. The van der Waals surface area contributed by atoms with Gasteiger partial charge in [-0.1, -0.05) is 32.4 Å². The predicted octanol–water partition coefficient (Wildman–Crippen LogP) is 3.35. The number of hydrogen-bond acceptors (Lipinski definition) is 0. The molecule has 9 heavy (non-hydrogen) atoms.